The summed E-state index contributed by atoms with van der Waals surface area (Å²) in [5.41, 5.74) is -1.07. The van der Waals surface area contributed by atoms with Crippen LogP contribution in [0.25, 0.3) is 6.08 Å². The molecule has 0 bridgehead atoms. The van der Waals surface area contributed by atoms with Gasteiger partial charge < -0.3 is 15.2 Å². The van der Waals surface area contributed by atoms with Crippen molar-refractivity contribution in [3.8, 4) is 5.75 Å². The molecule has 0 saturated carbocycles. The van der Waals surface area contributed by atoms with Crippen molar-refractivity contribution in [2.45, 2.75) is 6.29 Å². The summed E-state index contributed by atoms with van der Waals surface area (Å²) in [6.07, 6.45) is -2.71. The molecule has 1 aliphatic heterocycles. The second-order valence-electron chi connectivity index (χ2n) is 5.49. The van der Waals surface area contributed by atoms with Crippen LogP contribution >= 0.6 is 0 Å². The number of rotatable bonds is 3. The number of halogens is 3. The van der Waals surface area contributed by atoms with Gasteiger partial charge in [0.25, 0.3) is 5.91 Å². The van der Waals surface area contributed by atoms with Crippen molar-refractivity contribution in [2.75, 3.05) is 11.9 Å². The van der Waals surface area contributed by atoms with Crippen molar-refractivity contribution < 1.29 is 37.3 Å². The molecule has 0 aromatic heterocycles. The van der Waals surface area contributed by atoms with Gasteiger partial charge in [0, 0.05) is 11.1 Å². The summed E-state index contributed by atoms with van der Waals surface area (Å²) in [7, 11) is 0. The number of carbonyl (C=O) groups excluding carboxylic acids is 1. The summed E-state index contributed by atoms with van der Waals surface area (Å²) in [6.45, 7) is -0.812. The van der Waals surface area contributed by atoms with Crippen molar-refractivity contribution in [3.63, 3.8) is 0 Å². The zero-order valence-corrected chi connectivity index (χ0v) is 13.5. The average molecular weight is 379 g/mol. The molecule has 0 radical (unpaired) electrons. The van der Waals surface area contributed by atoms with E-state index in [0.717, 1.165) is 12.1 Å². The third-order valence-corrected chi connectivity index (χ3v) is 3.64. The van der Waals surface area contributed by atoms with E-state index in [1.54, 1.807) is 6.07 Å². The molecule has 1 heterocycles. The molecule has 2 N–H and O–H groups in total. The number of carbonyl (C=O) groups is 2. The van der Waals surface area contributed by atoms with Crippen molar-refractivity contribution in [3.05, 3.63) is 65.0 Å². The molecule has 6 nitrogen and oxygen atoms in total. The zero-order valence-electron chi connectivity index (χ0n) is 13.5. The van der Waals surface area contributed by atoms with E-state index in [1.165, 1.54) is 30.3 Å². The minimum absolute atomic E-state index is 0.199. The van der Waals surface area contributed by atoms with Gasteiger partial charge in [-0.2, -0.15) is 0 Å². The number of hydrogen-bond acceptors (Lipinski definition) is 4. The van der Waals surface area contributed by atoms with Crippen molar-refractivity contribution in [1.29, 1.82) is 0 Å². The molecule has 27 heavy (non-hydrogen) atoms. The van der Waals surface area contributed by atoms with Gasteiger partial charge in [0.2, 0.25) is 0 Å². The lowest BCUT2D eigenvalue weighted by Gasteiger charge is -2.22. The van der Waals surface area contributed by atoms with Crippen molar-refractivity contribution >= 4 is 23.6 Å². The third-order valence-electron chi connectivity index (χ3n) is 3.64. The molecule has 140 valence electrons. The summed E-state index contributed by atoms with van der Waals surface area (Å²) >= 11 is 0. The molecule has 0 fully saturated rings. The zero-order chi connectivity index (χ0) is 19.6. The Kier molecular flexibility index (Phi) is 4.87. The monoisotopic (exact) mass is 379 g/mol. The minimum atomic E-state index is -3.97. The van der Waals surface area contributed by atoms with Crippen LogP contribution in [0.15, 0.2) is 48.0 Å². The van der Waals surface area contributed by atoms with E-state index in [9.17, 15) is 22.8 Å². The van der Waals surface area contributed by atoms with Crippen LogP contribution in [0, 0.1) is 5.82 Å². The minimum Gasteiger partial charge on any atom is -0.478 e. The van der Waals surface area contributed by atoms with E-state index in [1.807, 2.05) is 0 Å². The van der Waals surface area contributed by atoms with Crippen LogP contribution in [0.3, 0.4) is 0 Å². The van der Waals surface area contributed by atoms with E-state index in [4.69, 9.17) is 5.11 Å². The summed E-state index contributed by atoms with van der Waals surface area (Å²) < 4.78 is 50.3. The normalized spacial score (nSPS) is 15.4. The maximum absolute atomic E-state index is 14.2. The van der Waals surface area contributed by atoms with Crippen molar-refractivity contribution in [2.24, 2.45) is 0 Å². The Balaban J connectivity index is 1.93. The number of ether oxygens (including phenoxy) is 2. The lowest BCUT2D eigenvalue weighted by atomic mass is 10.1. The predicted octanol–water partition coefficient (Wildman–Crippen LogP) is 3.51. The first kappa shape index (κ1) is 18.5. The average Bonchev–Trinajstić information content (AvgIpc) is 2.59. The Morgan fingerprint density at radius 2 is 1.85 bits per heavy atom. The molecule has 1 aliphatic rings. The van der Waals surface area contributed by atoms with Gasteiger partial charge in [0.05, 0.1) is 17.9 Å². The van der Waals surface area contributed by atoms with Crippen LogP contribution in [0.2, 0.25) is 0 Å². The van der Waals surface area contributed by atoms with Crippen molar-refractivity contribution in [1.82, 2.24) is 0 Å². The highest BCUT2D eigenvalue weighted by Crippen LogP contribution is 2.31. The van der Waals surface area contributed by atoms with E-state index in [2.05, 4.69) is 14.8 Å². The summed E-state index contributed by atoms with van der Waals surface area (Å²) in [4.78, 5) is 23.4. The first-order valence-electron chi connectivity index (χ1n) is 7.60. The molecule has 0 saturated heterocycles. The fourth-order valence-electron chi connectivity index (χ4n) is 2.37. The van der Waals surface area contributed by atoms with Gasteiger partial charge in [0.1, 0.15) is 5.75 Å². The molecule has 2 aromatic rings. The molecule has 0 aliphatic carbocycles. The lowest BCUT2D eigenvalue weighted by molar-refractivity contribution is -0.350. The maximum atomic E-state index is 14.2. The maximum Gasteiger partial charge on any atom is 0.535 e. The molecule has 0 unspecified atom stereocenters. The molecular weight excluding hydrogens is 367 g/mol. The Labute approximate surface area is 150 Å². The van der Waals surface area contributed by atoms with E-state index in [-0.39, 0.29) is 16.9 Å². The van der Waals surface area contributed by atoms with E-state index >= 15 is 0 Å². The fraction of sp³-hybridized carbons (Fsp3) is 0.111. The van der Waals surface area contributed by atoms with E-state index < -0.39 is 41.8 Å². The van der Waals surface area contributed by atoms with Gasteiger partial charge in [-0.3, -0.25) is 9.53 Å². The smallest absolute Gasteiger partial charge is 0.478 e. The molecule has 9 heteroatoms. The second-order valence-corrected chi connectivity index (χ2v) is 5.49. The number of alkyl halides is 2. The highest BCUT2D eigenvalue weighted by molar-refractivity contribution is 6.07. The highest BCUT2D eigenvalue weighted by atomic mass is 19.3. The molecule has 0 atom stereocenters. The molecule has 1 amide bonds. The first-order valence-corrected chi connectivity index (χ1v) is 7.60. The third kappa shape index (κ3) is 4.09. The Morgan fingerprint density at radius 3 is 2.59 bits per heavy atom. The van der Waals surface area contributed by atoms with Crippen LogP contribution in [-0.4, -0.2) is 29.9 Å². The lowest BCUT2D eigenvalue weighted by Crippen LogP contribution is -2.32. The van der Waals surface area contributed by atoms with Gasteiger partial charge in [-0.1, -0.05) is 24.3 Å². The van der Waals surface area contributed by atoms with Gasteiger partial charge in [-0.25, -0.2) is 9.18 Å². The largest absolute Gasteiger partial charge is 0.535 e. The second kappa shape index (κ2) is 7.12. The number of nitrogens with one attached hydrogen (secondary N) is 1. The van der Waals surface area contributed by atoms with Crippen LogP contribution < -0.4 is 10.1 Å². The summed E-state index contributed by atoms with van der Waals surface area (Å²) in [5.74, 6) is -3.79. The van der Waals surface area contributed by atoms with Crippen LogP contribution in [-0.2, 0) is 9.53 Å². The molecular formula is C18H12F3NO5. The van der Waals surface area contributed by atoms with Crippen LogP contribution in [0.1, 0.15) is 15.9 Å². The SMILES string of the molecule is O=C(Nc1cccc(C(=O)O)c1F)C1=Cc2ccccc2OC(F)(F)OC1. The Morgan fingerprint density at radius 1 is 1.11 bits per heavy atom. The number of carboxylic acid groups (broad SMARTS) is 1. The van der Waals surface area contributed by atoms with Gasteiger partial charge >= 0.3 is 12.3 Å². The predicted molar refractivity (Wildman–Crippen MR) is 87.9 cm³/mol. The number of para-hydroxylation sites is 1. The Hall–Kier alpha value is -3.33. The number of carboxylic acids is 1. The summed E-state index contributed by atoms with van der Waals surface area (Å²) in [5, 5.41) is 11.1. The number of hydrogen-bond donors (Lipinski definition) is 2. The van der Waals surface area contributed by atoms with Crippen LogP contribution in [0.4, 0.5) is 18.9 Å². The topological polar surface area (TPSA) is 84.9 Å². The van der Waals surface area contributed by atoms with Gasteiger partial charge in [0.15, 0.2) is 5.82 Å². The number of fused-ring (bicyclic) bond motifs is 1. The highest BCUT2D eigenvalue weighted by Gasteiger charge is 2.36. The molecule has 3 rings (SSSR count). The molecule has 2 aromatic carbocycles. The number of aromatic carboxylic acids is 1. The number of benzene rings is 2. The number of anilines is 1. The van der Waals surface area contributed by atoms with E-state index in [0.29, 0.717) is 0 Å². The standard InChI is InChI=1S/C18H12F3NO5/c19-15-12(17(24)25)5-3-6-13(15)22-16(23)11-8-10-4-1-2-7-14(10)27-18(20,21)26-9-11/h1-8H,9H2,(H,22,23)(H,24,25). The van der Waals surface area contributed by atoms with Crippen LogP contribution in [0.5, 0.6) is 5.75 Å². The first-order chi connectivity index (χ1) is 12.8. The van der Waals surface area contributed by atoms with Gasteiger partial charge in [-0.15, -0.1) is 8.78 Å². The quantitative estimate of drug-likeness (QED) is 0.853. The number of amides is 1. The van der Waals surface area contributed by atoms with Gasteiger partial charge in [-0.05, 0) is 24.3 Å². The molecule has 0 spiro atoms. The summed E-state index contributed by atoms with van der Waals surface area (Å²) in [6, 6.07) is 9.18. The Bertz CT molecular complexity index is 942. The fourth-order valence-corrected chi connectivity index (χ4v) is 2.37.